The second kappa shape index (κ2) is 5.96. The normalized spacial score (nSPS) is 16.0. The molecule has 0 saturated carbocycles. The largest absolute Gasteiger partial charge is 0.0622 e. The number of benzene rings is 2. The fourth-order valence-electron chi connectivity index (χ4n) is 3.50. The second-order valence-corrected chi connectivity index (χ2v) is 6.17. The molecule has 0 aromatic heterocycles. The molecule has 0 amide bonds. The maximum atomic E-state index is 2.27. The summed E-state index contributed by atoms with van der Waals surface area (Å²) in [6.07, 6.45) is 0. The van der Waals surface area contributed by atoms with E-state index >= 15 is 0 Å². The SMILES string of the molecule is CC1=C(C)C(C)=C(C)[C]1C(c1ccccc1)c1ccccc1. The van der Waals surface area contributed by atoms with Gasteiger partial charge < -0.3 is 0 Å². The molecule has 0 bridgehead atoms. The summed E-state index contributed by atoms with van der Waals surface area (Å²) in [7, 11) is 0. The van der Waals surface area contributed by atoms with Gasteiger partial charge in [-0.15, -0.1) is 0 Å². The van der Waals surface area contributed by atoms with Crippen molar-refractivity contribution in [1.29, 1.82) is 0 Å². The number of rotatable bonds is 3. The average Bonchev–Trinajstić information content (AvgIpc) is 2.75. The van der Waals surface area contributed by atoms with Gasteiger partial charge in [-0.3, -0.25) is 0 Å². The Morgan fingerprint density at radius 3 is 1.23 bits per heavy atom. The molecule has 0 saturated heterocycles. The molecule has 2 aromatic carbocycles. The van der Waals surface area contributed by atoms with E-state index in [4.69, 9.17) is 0 Å². The lowest BCUT2D eigenvalue weighted by Crippen LogP contribution is -2.13. The minimum Gasteiger partial charge on any atom is -0.0622 e. The molecule has 0 atom stereocenters. The Balaban J connectivity index is 2.16. The highest BCUT2D eigenvalue weighted by Crippen LogP contribution is 2.48. The van der Waals surface area contributed by atoms with Crippen LogP contribution in [-0.2, 0) is 0 Å². The van der Waals surface area contributed by atoms with E-state index in [1.165, 1.54) is 39.3 Å². The molecule has 1 aliphatic carbocycles. The molecular formula is C22H23. The smallest absolute Gasteiger partial charge is 0.0376 e. The molecule has 0 heteroatoms. The van der Waals surface area contributed by atoms with Crippen molar-refractivity contribution in [3.8, 4) is 0 Å². The van der Waals surface area contributed by atoms with Crippen molar-refractivity contribution < 1.29 is 0 Å². The van der Waals surface area contributed by atoms with E-state index in [1.807, 2.05) is 0 Å². The van der Waals surface area contributed by atoms with Crippen molar-refractivity contribution in [3.63, 3.8) is 0 Å². The summed E-state index contributed by atoms with van der Waals surface area (Å²) in [4.78, 5) is 0. The number of hydrogen-bond donors (Lipinski definition) is 0. The Kier molecular flexibility index (Phi) is 4.02. The average molecular weight is 287 g/mol. The van der Waals surface area contributed by atoms with Crippen LogP contribution < -0.4 is 0 Å². The van der Waals surface area contributed by atoms with Crippen LogP contribution in [-0.4, -0.2) is 0 Å². The van der Waals surface area contributed by atoms with Gasteiger partial charge in [0.1, 0.15) is 0 Å². The lowest BCUT2D eigenvalue weighted by molar-refractivity contribution is 0.853. The highest BCUT2D eigenvalue weighted by Gasteiger charge is 2.33. The van der Waals surface area contributed by atoms with Gasteiger partial charge >= 0.3 is 0 Å². The van der Waals surface area contributed by atoms with E-state index in [-0.39, 0.29) is 0 Å². The minimum atomic E-state index is 0.315. The monoisotopic (exact) mass is 287 g/mol. The zero-order valence-corrected chi connectivity index (χ0v) is 13.9. The third-order valence-electron chi connectivity index (χ3n) is 5.05. The summed E-state index contributed by atoms with van der Waals surface area (Å²) in [5.74, 6) is 1.79. The van der Waals surface area contributed by atoms with Crippen molar-refractivity contribution in [2.75, 3.05) is 0 Å². The van der Waals surface area contributed by atoms with Gasteiger partial charge in [-0.25, -0.2) is 0 Å². The van der Waals surface area contributed by atoms with E-state index in [2.05, 4.69) is 88.4 Å². The van der Waals surface area contributed by atoms with Crippen molar-refractivity contribution in [1.82, 2.24) is 0 Å². The molecule has 0 aliphatic heterocycles. The first-order valence-corrected chi connectivity index (χ1v) is 7.94. The zero-order valence-electron chi connectivity index (χ0n) is 13.9. The molecule has 111 valence electrons. The first-order valence-electron chi connectivity index (χ1n) is 7.94. The fourth-order valence-corrected chi connectivity index (χ4v) is 3.50. The van der Waals surface area contributed by atoms with Gasteiger partial charge in [0.15, 0.2) is 0 Å². The quantitative estimate of drug-likeness (QED) is 0.641. The first-order chi connectivity index (χ1) is 10.6. The maximum Gasteiger partial charge on any atom is 0.0376 e. The van der Waals surface area contributed by atoms with E-state index in [0.29, 0.717) is 5.92 Å². The molecule has 22 heavy (non-hydrogen) atoms. The standard InChI is InChI=1S/C22H23/c1-15-16(2)18(4)21(17(15)3)22(19-11-7-5-8-12-19)20-13-9-6-10-14-20/h5-14,22H,1-4H3. The van der Waals surface area contributed by atoms with Gasteiger partial charge in [-0.05, 0) is 50.0 Å². The molecule has 0 nitrogen and oxygen atoms in total. The summed E-state index contributed by atoms with van der Waals surface area (Å²) < 4.78 is 0. The third-order valence-corrected chi connectivity index (χ3v) is 5.05. The highest BCUT2D eigenvalue weighted by atomic mass is 14.4. The highest BCUT2D eigenvalue weighted by molar-refractivity contribution is 5.63. The Morgan fingerprint density at radius 1 is 0.500 bits per heavy atom. The molecule has 0 heterocycles. The van der Waals surface area contributed by atoms with Gasteiger partial charge in [-0.2, -0.15) is 0 Å². The second-order valence-electron chi connectivity index (χ2n) is 6.17. The van der Waals surface area contributed by atoms with Crippen molar-refractivity contribution >= 4 is 0 Å². The van der Waals surface area contributed by atoms with Crippen LogP contribution in [0.4, 0.5) is 0 Å². The van der Waals surface area contributed by atoms with Gasteiger partial charge in [-0.1, -0.05) is 71.8 Å². The van der Waals surface area contributed by atoms with Crippen molar-refractivity contribution in [2.24, 2.45) is 0 Å². The van der Waals surface area contributed by atoms with Crippen LogP contribution in [0.3, 0.4) is 0 Å². The van der Waals surface area contributed by atoms with E-state index < -0.39 is 0 Å². The van der Waals surface area contributed by atoms with Gasteiger partial charge in [0.2, 0.25) is 0 Å². The minimum absolute atomic E-state index is 0.315. The maximum absolute atomic E-state index is 2.27. The zero-order chi connectivity index (χ0) is 15.7. The topological polar surface area (TPSA) is 0 Å². The molecule has 3 rings (SSSR count). The molecule has 0 N–H and O–H groups in total. The van der Waals surface area contributed by atoms with E-state index in [0.717, 1.165) is 0 Å². The summed E-state index contributed by atoms with van der Waals surface area (Å²) in [6, 6.07) is 21.7. The molecule has 0 unspecified atom stereocenters. The van der Waals surface area contributed by atoms with Crippen LogP contribution in [0.1, 0.15) is 44.7 Å². The predicted octanol–water partition coefficient (Wildman–Crippen LogP) is 6.08. The van der Waals surface area contributed by atoms with Crippen LogP contribution in [0.5, 0.6) is 0 Å². The summed E-state index contributed by atoms with van der Waals surface area (Å²) in [5.41, 5.74) is 8.48. The Morgan fingerprint density at radius 2 is 0.864 bits per heavy atom. The summed E-state index contributed by atoms with van der Waals surface area (Å²) in [6.45, 7) is 9.02. The lowest BCUT2D eigenvalue weighted by atomic mass is 9.75. The van der Waals surface area contributed by atoms with Gasteiger partial charge in [0.05, 0.1) is 0 Å². The van der Waals surface area contributed by atoms with Gasteiger partial charge in [0, 0.05) is 11.8 Å². The molecule has 2 aromatic rings. The van der Waals surface area contributed by atoms with Crippen molar-refractivity contribution in [2.45, 2.75) is 33.6 Å². The molecule has 0 fully saturated rings. The molecule has 1 aliphatic rings. The molecule has 0 spiro atoms. The summed E-state index contributed by atoms with van der Waals surface area (Å²) in [5, 5.41) is 0. The van der Waals surface area contributed by atoms with Crippen LogP contribution in [0, 0.1) is 5.92 Å². The van der Waals surface area contributed by atoms with E-state index in [9.17, 15) is 0 Å². The van der Waals surface area contributed by atoms with Crippen molar-refractivity contribution in [3.05, 3.63) is 100 Å². The Bertz CT molecular complexity index is 654. The first kappa shape index (κ1) is 14.8. The van der Waals surface area contributed by atoms with Crippen LogP contribution in [0.2, 0.25) is 0 Å². The van der Waals surface area contributed by atoms with Gasteiger partial charge in [0.25, 0.3) is 0 Å². The van der Waals surface area contributed by atoms with E-state index in [1.54, 1.807) is 0 Å². The molecule has 1 radical (unpaired) electrons. The lowest BCUT2D eigenvalue weighted by Gasteiger charge is -2.27. The summed E-state index contributed by atoms with van der Waals surface area (Å²) >= 11 is 0. The Labute approximate surface area is 134 Å². The van der Waals surface area contributed by atoms with Crippen LogP contribution in [0.25, 0.3) is 0 Å². The molecular weight excluding hydrogens is 264 g/mol. The fraction of sp³-hybridized carbons (Fsp3) is 0.227. The Hall–Kier alpha value is -2.08. The predicted molar refractivity (Wildman–Crippen MR) is 94.7 cm³/mol. The third kappa shape index (κ3) is 2.43. The van der Waals surface area contributed by atoms with Crippen LogP contribution >= 0.6 is 0 Å². The number of allylic oxidation sites excluding steroid dienone is 4. The van der Waals surface area contributed by atoms with Crippen LogP contribution in [0.15, 0.2) is 83.0 Å². The number of hydrogen-bond acceptors (Lipinski definition) is 0.